The molecule has 3 aliphatic rings. The molecule has 1 aliphatic heterocycles. The molecule has 3 aromatic rings. The lowest BCUT2D eigenvalue weighted by Crippen LogP contribution is -2.72. The number of hydrogen-bond acceptors (Lipinski definition) is 9. The van der Waals surface area contributed by atoms with Crippen LogP contribution in [-0.2, 0) is 16.0 Å². The lowest BCUT2D eigenvalue weighted by molar-refractivity contribution is -0.151. The first kappa shape index (κ1) is 23.5. The molecular weight excluding hydrogens is 508 g/mol. The number of aromatic hydroxyl groups is 1. The summed E-state index contributed by atoms with van der Waals surface area (Å²) in [5.74, 6) is -3.24. The van der Waals surface area contributed by atoms with Gasteiger partial charge in [0.25, 0.3) is 5.91 Å². The number of pyridine rings is 1. The molecule has 1 aromatic carbocycles. The van der Waals surface area contributed by atoms with Crippen LogP contribution in [0.5, 0.6) is 5.75 Å². The van der Waals surface area contributed by atoms with E-state index in [9.17, 15) is 28.3 Å². The number of benzene rings is 1. The van der Waals surface area contributed by atoms with E-state index in [-0.39, 0.29) is 34.2 Å². The van der Waals surface area contributed by atoms with Gasteiger partial charge in [-0.2, -0.15) is 0 Å². The van der Waals surface area contributed by atoms with Crippen LogP contribution < -0.4 is 15.8 Å². The number of carbonyl (C=O) groups is 2. The molecule has 3 atom stereocenters. The molecule has 6 rings (SSSR count). The highest BCUT2D eigenvalue weighted by molar-refractivity contribution is 7.14. The minimum Gasteiger partial charge on any atom is -0.502 e. The van der Waals surface area contributed by atoms with Gasteiger partial charge in [-0.1, -0.05) is 17.4 Å². The summed E-state index contributed by atoms with van der Waals surface area (Å²) >= 11 is 1.01. The zero-order chi connectivity index (χ0) is 26.3. The molecule has 1 spiro atoms. The number of rotatable bonds is 4. The fourth-order valence-electron chi connectivity index (χ4n) is 5.98. The number of hydrogen-bond donors (Lipinski definition) is 2. The van der Waals surface area contributed by atoms with Gasteiger partial charge in [0.1, 0.15) is 27.7 Å². The van der Waals surface area contributed by atoms with Crippen LogP contribution in [0, 0.1) is 23.0 Å². The highest BCUT2D eigenvalue weighted by atomic mass is 32.1. The second-order valence-corrected chi connectivity index (χ2v) is 10.6. The highest BCUT2D eigenvalue weighted by Crippen LogP contribution is 2.69. The van der Waals surface area contributed by atoms with E-state index in [1.54, 1.807) is 12.1 Å². The van der Waals surface area contributed by atoms with E-state index in [1.807, 2.05) is 0 Å². The number of ether oxygens (including phenoxy) is 1. The Hall–Kier alpha value is -3.87. The summed E-state index contributed by atoms with van der Waals surface area (Å²) in [6.45, 7) is 0. The normalized spacial score (nSPS) is 25.6. The number of amides is 1. The maximum absolute atomic E-state index is 14.1. The Balaban J connectivity index is 1.41. The first-order valence-electron chi connectivity index (χ1n) is 11.5. The van der Waals surface area contributed by atoms with Crippen LogP contribution >= 0.6 is 11.3 Å². The van der Waals surface area contributed by atoms with E-state index in [2.05, 4.69) is 15.5 Å². The fraction of sp³-hybridized carbons (Fsp3) is 0.375. The van der Waals surface area contributed by atoms with Crippen molar-refractivity contribution in [2.45, 2.75) is 31.3 Å². The molecule has 37 heavy (non-hydrogen) atoms. The predicted molar refractivity (Wildman–Crippen MR) is 127 cm³/mol. The van der Waals surface area contributed by atoms with Gasteiger partial charge in [0.2, 0.25) is 5.43 Å². The van der Waals surface area contributed by atoms with Gasteiger partial charge >= 0.3 is 5.97 Å². The van der Waals surface area contributed by atoms with Gasteiger partial charge in [0.05, 0.1) is 12.7 Å². The summed E-state index contributed by atoms with van der Waals surface area (Å²) in [6, 6.07) is 3.22. The minimum absolute atomic E-state index is 0.0151. The summed E-state index contributed by atoms with van der Waals surface area (Å²) in [6.07, 6.45) is 3.15. The van der Waals surface area contributed by atoms with E-state index in [4.69, 9.17) is 4.74 Å². The van der Waals surface area contributed by atoms with E-state index >= 15 is 0 Å². The van der Waals surface area contributed by atoms with Crippen molar-refractivity contribution in [3.63, 3.8) is 0 Å². The zero-order valence-electron chi connectivity index (χ0n) is 19.7. The Labute approximate surface area is 212 Å². The number of carbonyl (C=O) groups excluding carboxylic acids is 2. The average Bonchev–Trinajstić information content (AvgIpc) is 3.29. The number of esters is 1. The van der Waals surface area contributed by atoms with Gasteiger partial charge in [-0.25, -0.2) is 8.78 Å². The van der Waals surface area contributed by atoms with Gasteiger partial charge in [-0.3, -0.25) is 24.1 Å². The monoisotopic (exact) mass is 529 g/mol. The summed E-state index contributed by atoms with van der Waals surface area (Å²) in [5.41, 5.74) is -2.92. The third-order valence-electron chi connectivity index (χ3n) is 7.88. The van der Waals surface area contributed by atoms with E-state index in [0.717, 1.165) is 23.5 Å². The van der Waals surface area contributed by atoms with Crippen LogP contribution in [-0.4, -0.2) is 51.7 Å². The first-order valence-corrected chi connectivity index (χ1v) is 12.3. The molecule has 0 bridgehead atoms. The Morgan fingerprint density at radius 2 is 2.11 bits per heavy atom. The maximum atomic E-state index is 14.1. The van der Waals surface area contributed by atoms with Crippen molar-refractivity contribution in [3.05, 3.63) is 62.5 Å². The molecule has 2 fully saturated rings. The second kappa shape index (κ2) is 7.81. The van der Waals surface area contributed by atoms with Gasteiger partial charge in [0, 0.05) is 25.7 Å². The summed E-state index contributed by atoms with van der Waals surface area (Å²) in [5, 5.41) is 23.9. The quantitative estimate of drug-likeness (QED) is 0.491. The van der Waals surface area contributed by atoms with Crippen LogP contribution in [0.1, 0.15) is 40.3 Å². The molecule has 2 unspecified atom stereocenters. The van der Waals surface area contributed by atoms with Gasteiger partial charge in [-0.05, 0) is 36.8 Å². The second-order valence-electron chi connectivity index (χ2n) is 9.57. The van der Waals surface area contributed by atoms with E-state index in [0.29, 0.717) is 24.3 Å². The molecule has 1 amide bonds. The molecule has 2 aromatic heterocycles. The lowest BCUT2D eigenvalue weighted by atomic mass is 9.88. The van der Waals surface area contributed by atoms with Crippen molar-refractivity contribution in [1.29, 1.82) is 0 Å². The molecule has 13 heteroatoms. The van der Waals surface area contributed by atoms with Crippen LogP contribution in [0.3, 0.4) is 0 Å². The third-order valence-corrected chi connectivity index (χ3v) is 8.83. The molecular formula is C24H21F2N5O5S. The van der Waals surface area contributed by atoms with E-state index < -0.39 is 45.8 Å². The smallest absolute Gasteiger partial charge is 0.316 e. The van der Waals surface area contributed by atoms with Crippen LogP contribution in [0.4, 0.5) is 8.78 Å². The van der Waals surface area contributed by atoms with Crippen molar-refractivity contribution >= 4 is 23.2 Å². The summed E-state index contributed by atoms with van der Waals surface area (Å²) in [4.78, 5) is 39.1. The molecule has 2 aliphatic carbocycles. The maximum Gasteiger partial charge on any atom is 0.316 e. The van der Waals surface area contributed by atoms with Crippen molar-refractivity contribution in [1.82, 2.24) is 20.2 Å². The van der Waals surface area contributed by atoms with Gasteiger partial charge < -0.3 is 15.2 Å². The first-order chi connectivity index (χ1) is 17.6. The number of halogens is 2. The van der Waals surface area contributed by atoms with Gasteiger partial charge in [-0.15, -0.1) is 10.2 Å². The molecule has 192 valence electrons. The predicted octanol–water partition coefficient (Wildman–Crippen LogP) is 1.92. The average molecular weight is 530 g/mol. The number of methoxy groups -OCH3 is 1. The summed E-state index contributed by atoms with van der Waals surface area (Å²) < 4.78 is 33.8. The lowest BCUT2D eigenvalue weighted by Gasteiger charge is -2.50. The Bertz CT molecular complexity index is 1560. The third kappa shape index (κ3) is 3.09. The summed E-state index contributed by atoms with van der Waals surface area (Å²) in [7, 11) is 2.98. The molecule has 10 nitrogen and oxygen atoms in total. The fourth-order valence-corrected chi connectivity index (χ4v) is 6.85. The molecule has 3 heterocycles. The standard InChI is InChI=1S/C24H21F2N5O5S/c1-30-24(6-5-12-9-23(12,24)22(35)36-2)27-20(34)17-19(33)18(32)14(10-31(17)30)21-29-28-16(37-21)7-11-3-4-13(25)8-15(11)26/h3-4,8,10,12,33H,5-7,9H2,1-2H3,(H,27,34)/t12?,23-,24?/m1/s1. The largest absolute Gasteiger partial charge is 0.502 e. The van der Waals surface area contributed by atoms with Gasteiger partial charge in [0.15, 0.2) is 16.5 Å². The zero-order valence-corrected chi connectivity index (χ0v) is 20.6. The minimum atomic E-state index is -1.10. The van der Waals surface area contributed by atoms with Crippen LogP contribution in [0.15, 0.2) is 29.2 Å². The molecule has 2 saturated carbocycles. The number of fused-ring (bicyclic) bond motifs is 3. The molecule has 0 radical (unpaired) electrons. The van der Waals surface area contributed by atoms with Crippen molar-refractivity contribution < 1.29 is 28.2 Å². The number of aromatic nitrogens is 3. The van der Waals surface area contributed by atoms with Crippen LogP contribution in [0.2, 0.25) is 0 Å². The van der Waals surface area contributed by atoms with Crippen molar-refractivity contribution in [3.8, 4) is 16.3 Å². The highest BCUT2D eigenvalue weighted by Gasteiger charge is 2.79. The Morgan fingerprint density at radius 3 is 2.81 bits per heavy atom. The Morgan fingerprint density at radius 1 is 1.32 bits per heavy atom. The number of nitrogens with one attached hydrogen (secondary N) is 1. The Kier molecular flexibility index (Phi) is 4.97. The van der Waals surface area contributed by atoms with Crippen molar-refractivity contribution in [2.75, 3.05) is 19.2 Å². The molecule has 0 saturated heterocycles. The molecule has 2 N–H and O–H groups in total. The SMILES string of the molecule is COC(=O)[C@@]12CC1CCC21NC(=O)c2c(O)c(=O)c(-c3nnc(Cc4ccc(F)cc4F)s3)cn2N1C. The van der Waals surface area contributed by atoms with Crippen molar-refractivity contribution in [2.24, 2.45) is 11.3 Å². The van der Waals surface area contributed by atoms with Crippen LogP contribution in [0.25, 0.3) is 10.6 Å². The topological polar surface area (TPSA) is 127 Å². The van der Waals surface area contributed by atoms with E-state index in [1.165, 1.54) is 24.0 Å². The number of nitrogens with zero attached hydrogens (tertiary/aromatic N) is 4.